The topological polar surface area (TPSA) is 181 Å². The minimum Gasteiger partial charge on any atom is -0.399 e. The second-order valence-electron chi connectivity index (χ2n) is 10.4. The third-order valence-electron chi connectivity index (χ3n) is 5.91. The van der Waals surface area contributed by atoms with Crippen molar-refractivity contribution in [3.8, 4) is 11.3 Å². The molecule has 0 aliphatic heterocycles. The van der Waals surface area contributed by atoms with Gasteiger partial charge in [-0.2, -0.15) is 0 Å². The van der Waals surface area contributed by atoms with Crippen molar-refractivity contribution in [1.29, 1.82) is 5.41 Å². The minimum atomic E-state index is -0.438. The van der Waals surface area contributed by atoms with E-state index in [2.05, 4.69) is 40.5 Å². The lowest BCUT2D eigenvalue weighted by molar-refractivity contribution is -0.121. The lowest BCUT2D eigenvalue weighted by atomic mass is 10.1. The number of nitrogens with one attached hydrogen (secondary N) is 4. The summed E-state index contributed by atoms with van der Waals surface area (Å²) >= 11 is 0. The van der Waals surface area contributed by atoms with Crippen LogP contribution >= 0.6 is 0 Å². The van der Waals surface area contributed by atoms with E-state index >= 15 is 0 Å². The van der Waals surface area contributed by atoms with Crippen LogP contribution in [0.3, 0.4) is 0 Å². The van der Waals surface area contributed by atoms with E-state index in [-0.39, 0.29) is 30.2 Å². The molecule has 11 heteroatoms. The molecule has 220 valence electrons. The fourth-order valence-corrected chi connectivity index (χ4v) is 3.86. The van der Waals surface area contributed by atoms with Crippen LogP contribution in [0.1, 0.15) is 55.6 Å². The zero-order valence-corrected chi connectivity index (χ0v) is 24.5. The number of hydrogen-bond acceptors (Lipinski definition) is 7. The smallest absolute Gasteiger partial charge is 0.294 e. The molecule has 1 aromatic heterocycles. The van der Waals surface area contributed by atoms with Crippen molar-refractivity contribution in [2.75, 3.05) is 17.6 Å². The largest absolute Gasteiger partial charge is 0.399 e. The van der Waals surface area contributed by atoms with E-state index in [1.54, 1.807) is 18.2 Å². The van der Waals surface area contributed by atoms with E-state index < -0.39 is 5.56 Å². The van der Waals surface area contributed by atoms with E-state index in [4.69, 9.17) is 11.1 Å². The molecule has 0 aliphatic rings. The number of carbonyl (C=O) groups excluding carboxylic acids is 2. The Hall–Kier alpha value is -4.67. The van der Waals surface area contributed by atoms with Gasteiger partial charge in [-0.15, -0.1) is 0 Å². The van der Waals surface area contributed by atoms with Gasteiger partial charge in [0.05, 0.1) is 18.2 Å². The molecule has 0 spiro atoms. The Labute approximate surface area is 241 Å². The SMILES string of the molecule is Cc1ccc(CNC(=O)Cn2c(-c3cc(N)cc(C(=O)NCCC(C)C)c3)cnc(NC(C)C)c2=O)cc1.N=CN. The highest BCUT2D eigenvalue weighted by Gasteiger charge is 2.18. The first-order valence-electron chi connectivity index (χ1n) is 13.5. The average molecular weight is 563 g/mol. The minimum absolute atomic E-state index is 0.0293. The predicted molar refractivity (Wildman–Crippen MR) is 165 cm³/mol. The van der Waals surface area contributed by atoms with Crippen LogP contribution in [0.5, 0.6) is 0 Å². The summed E-state index contributed by atoms with van der Waals surface area (Å²) in [5.74, 6) is 0.0223. The van der Waals surface area contributed by atoms with Crippen LogP contribution < -0.4 is 33.0 Å². The zero-order chi connectivity index (χ0) is 30.5. The first kappa shape index (κ1) is 32.5. The molecule has 8 N–H and O–H groups in total. The molecular weight excluding hydrogens is 520 g/mol. The molecule has 0 atom stereocenters. The highest BCUT2D eigenvalue weighted by Crippen LogP contribution is 2.23. The number of aryl methyl sites for hydroxylation is 1. The summed E-state index contributed by atoms with van der Waals surface area (Å²) in [6.07, 6.45) is 3.13. The van der Waals surface area contributed by atoms with Gasteiger partial charge in [0.15, 0.2) is 5.82 Å². The van der Waals surface area contributed by atoms with Crippen molar-refractivity contribution >= 4 is 29.7 Å². The summed E-state index contributed by atoms with van der Waals surface area (Å²) in [7, 11) is 0. The highest BCUT2D eigenvalue weighted by atomic mass is 16.2. The third-order valence-corrected chi connectivity index (χ3v) is 5.91. The molecule has 11 nitrogen and oxygen atoms in total. The fourth-order valence-electron chi connectivity index (χ4n) is 3.86. The molecule has 0 saturated carbocycles. The molecule has 41 heavy (non-hydrogen) atoms. The summed E-state index contributed by atoms with van der Waals surface area (Å²) < 4.78 is 1.36. The maximum absolute atomic E-state index is 13.4. The molecule has 3 aromatic rings. The standard InChI is InChI=1S/C29H38N6O3.CH4N2/c1-18(2)10-11-31-28(37)23-12-22(13-24(30)14-23)25-16-33-27(34-19(3)4)29(38)35(25)17-26(36)32-15-21-8-6-20(5)7-9-21;2-1-3/h6-9,12-14,16,18-19H,10-11,15,17,30H2,1-5H3,(H,31,37)(H,32,36)(H,33,34);1H,(H3,2,3). The fraction of sp³-hybridized carbons (Fsp3) is 0.367. The number of benzene rings is 2. The molecule has 0 aliphatic carbocycles. The van der Waals surface area contributed by atoms with Gasteiger partial charge in [0.1, 0.15) is 6.54 Å². The van der Waals surface area contributed by atoms with Gasteiger partial charge in [0, 0.05) is 35.9 Å². The van der Waals surface area contributed by atoms with Gasteiger partial charge in [-0.05, 0) is 56.9 Å². The zero-order valence-electron chi connectivity index (χ0n) is 24.5. The summed E-state index contributed by atoms with van der Waals surface area (Å²) in [6.45, 7) is 10.6. The molecule has 3 rings (SSSR count). The van der Waals surface area contributed by atoms with Crippen molar-refractivity contribution in [2.45, 2.75) is 60.2 Å². The number of nitrogen functional groups attached to an aromatic ring is 1. The first-order chi connectivity index (χ1) is 19.4. The molecule has 2 amide bonds. The van der Waals surface area contributed by atoms with Crippen molar-refractivity contribution in [3.05, 3.63) is 75.7 Å². The lowest BCUT2D eigenvalue weighted by Gasteiger charge is -2.17. The first-order valence-corrected chi connectivity index (χ1v) is 13.5. The van der Waals surface area contributed by atoms with Crippen LogP contribution in [-0.2, 0) is 17.9 Å². The Kier molecular flexibility index (Phi) is 12.5. The van der Waals surface area contributed by atoms with E-state index in [0.29, 0.717) is 41.5 Å². The quantitative estimate of drug-likeness (QED) is 0.118. The summed E-state index contributed by atoms with van der Waals surface area (Å²) in [5, 5.41) is 14.7. The average Bonchev–Trinajstić information content (AvgIpc) is 2.90. The van der Waals surface area contributed by atoms with Gasteiger partial charge in [0.25, 0.3) is 11.5 Å². The second-order valence-corrected chi connectivity index (χ2v) is 10.4. The van der Waals surface area contributed by atoms with Crippen LogP contribution in [0.2, 0.25) is 0 Å². The van der Waals surface area contributed by atoms with Crippen LogP contribution in [0.15, 0.2) is 53.5 Å². The molecule has 0 unspecified atom stereocenters. The molecule has 0 fully saturated rings. The van der Waals surface area contributed by atoms with Crippen molar-refractivity contribution in [3.63, 3.8) is 0 Å². The maximum Gasteiger partial charge on any atom is 0.294 e. The Balaban J connectivity index is 0.00000187. The number of rotatable bonds is 11. The number of amides is 2. The summed E-state index contributed by atoms with van der Waals surface area (Å²) in [4.78, 5) is 43.4. The molecular formula is C30H42N8O3. The lowest BCUT2D eigenvalue weighted by Crippen LogP contribution is -2.35. The van der Waals surface area contributed by atoms with Gasteiger partial charge >= 0.3 is 0 Å². The van der Waals surface area contributed by atoms with E-state index in [1.165, 1.54) is 10.8 Å². The van der Waals surface area contributed by atoms with Gasteiger partial charge in [-0.25, -0.2) is 4.98 Å². The molecule has 0 radical (unpaired) electrons. The third kappa shape index (κ3) is 10.4. The Morgan fingerprint density at radius 1 is 1.07 bits per heavy atom. The second kappa shape index (κ2) is 15.8. The molecule has 1 heterocycles. The Bertz CT molecular complexity index is 1380. The van der Waals surface area contributed by atoms with E-state index in [0.717, 1.165) is 23.9 Å². The molecule has 0 bridgehead atoms. The van der Waals surface area contributed by atoms with Crippen LogP contribution in [0.4, 0.5) is 11.5 Å². The Morgan fingerprint density at radius 3 is 2.34 bits per heavy atom. The number of carbonyl (C=O) groups is 2. The van der Waals surface area contributed by atoms with E-state index in [9.17, 15) is 14.4 Å². The number of nitrogens with zero attached hydrogens (tertiary/aromatic N) is 2. The van der Waals surface area contributed by atoms with Gasteiger partial charge in [-0.1, -0.05) is 43.7 Å². The normalized spacial score (nSPS) is 10.5. The maximum atomic E-state index is 13.4. The number of aromatic nitrogens is 2. The van der Waals surface area contributed by atoms with E-state index in [1.807, 2.05) is 45.0 Å². The number of nitrogens with two attached hydrogens (primary N) is 2. The predicted octanol–water partition coefficient (Wildman–Crippen LogP) is 3.27. The van der Waals surface area contributed by atoms with Crippen molar-refractivity contribution < 1.29 is 9.59 Å². The highest BCUT2D eigenvalue weighted by molar-refractivity contribution is 5.96. The van der Waals surface area contributed by atoms with Gasteiger partial charge in [-0.3, -0.25) is 24.4 Å². The van der Waals surface area contributed by atoms with Crippen LogP contribution in [0, 0.1) is 18.3 Å². The van der Waals surface area contributed by atoms with Crippen molar-refractivity contribution in [1.82, 2.24) is 20.2 Å². The van der Waals surface area contributed by atoms with Gasteiger partial charge < -0.3 is 27.4 Å². The Morgan fingerprint density at radius 2 is 1.73 bits per heavy atom. The molecule has 2 aromatic carbocycles. The van der Waals surface area contributed by atoms with Crippen LogP contribution in [0.25, 0.3) is 11.3 Å². The number of anilines is 2. The monoisotopic (exact) mass is 562 g/mol. The summed E-state index contributed by atoms with van der Waals surface area (Å²) in [6, 6.07) is 12.7. The molecule has 0 saturated heterocycles. The number of hydrogen-bond donors (Lipinski definition) is 6. The summed E-state index contributed by atoms with van der Waals surface area (Å²) in [5.41, 5.74) is 13.8. The van der Waals surface area contributed by atoms with Crippen molar-refractivity contribution in [2.24, 2.45) is 11.7 Å². The van der Waals surface area contributed by atoms with Gasteiger partial charge in [0.2, 0.25) is 5.91 Å². The van der Waals surface area contributed by atoms with Crippen LogP contribution in [-0.4, -0.2) is 40.3 Å².